The van der Waals surface area contributed by atoms with Gasteiger partial charge in [0.2, 0.25) is 0 Å². The number of hydrogen-bond donors (Lipinski definition) is 0. The highest BCUT2D eigenvalue weighted by atomic mass is 32.2. The molecule has 0 bridgehead atoms. The van der Waals surface area contributed by atoms with Gasteiger partial charge in [0, 0.05) is 11.4 Å². The van der Waals surface area contributed by atoms with Crippen LogP contribution in [0.15, 0.2) is 29.2 Å². The maximum absolute atomic E-state index is 12.2. The molecule has 0 spiro atoms. The molecule has 118 valence electrons. The molecule has 0 fully saturated rings. The largest absolute Gasteiger partial charge is 0.461 e. The maximum Gasteiger partial charge on any atom is 0.339 e. The number of likely N-dealkylation sites (N-methyl/N-ethyl adjacent to an activating group) is 1. The van der Waals surface area contributed by atoms with Gasteiger partial charge in [-0.25, -0.2) is 4.79 Å². The number of benzene rings is 1. The second kappa shape index (κ2) is 10.7. The molecule has 0 aliphatic carbocycles. The molecular weight excluding hydrogens is 282 g/mol. The summed E-state index contributed by atoms with van der Waals surface area (Å²) in [4.78, 5) is 15.5. The molecule has 0 radical (unpaired) electrons. The Bertz CT molecular complexity index is 419. The second-order valence-electron chi connectivity index (χ2n) is 4.86. The topological polar surface area (TPSA) is 29.5 Å². The molecule has 0 aliphatic rings. The first kappa shape index (κ1) is 18.1. The zero-order valence-corrected chi connectivity index (χ0v) is 14.2. The Kier molecular flexibility index (Phi) is 9.19. The van der Waals surface area contributed by atoms with Crippen molar-refractivity contribution in [1.29, 1.82) is 0 Å². The molecule has 1 aromatic rings. The van der Waals surface area contributed by atoms with Crippen molar-refractivity contribution in [3.63, 3.8) is 0 Å². The van der Waals surface area contributed by atoms with Crippen molar-refractivity contribution < 1.29 is 9.53 Å². The summed E-state index contributed by atoms with van der Waals surface area (Å²) >= 11 is 1.74. The van der Waals surface area contributed by atoms with Crippen molar-refractivity contribution in [3.8, 4) is 0 Å². The van der Waals surface area contributed by atoms with E-state index in [0.29, 0.717) is 12.2 Å². The highest BCUT2D eigenvalue weighted by Crippen LogP contribution is 2.24. The van der Waals surface area contributed by atoms with E-state index in [1.165, 1.54) is 6.42 Å². The number of esters is 1. The van der Waals surface area contributed by atoms with E-state index in [0.717, 1.165) is 36.7 Å². The summed E-state index contributed by atoms with van der Waals surface area (Å²) in [5.41, 5.74) is 0.693. The fourth-order valence-electron chi connectivity index (χ4n) is 1.97. The first-order valence-corrected chi connectivity index (χ1v) is 8.82. The van der Waals surface area contributed by atoms with Gasteiger partial charge in [0.05, 0.1) is 5.56 Å². The van der Waals surface area contributed by atoms with Gasteiger partial charge in [-0.05, 0) is 37.4 Å². The first-order chi connectivity index (χ1) is 10.2. The van der Waals surface area contributed by atoms with Gasteiger partial charge in [-0.3, -0.25) is 0 Å². The van der Waals surface area contributed by atoms with Crippen molar-refractivity contribution in [2.75, 3.05) is 32.0 Å². The Hall–Kier alpha value is -1.00. The van der Waals surface area contributed by atoms with Crippen molar-refractivity contribution >= 4 is 17.7 Å². The molecule has 1 aromatic carbocycles. The number of rotatable bonds is 10. The number of hydrogen-bond acceptors (Lipinski definition) is 4. The SMILES string of the molecule is CCCCSc1ccccc1C(=O)OCCN(CC)CC. The molecule has 0 heterocycles. The average Bonchev–Trinajstić information content (AvgIpc) is 2.52. The average molecular weight is 309 g/mol. The number of carbonyl (C=O) groups excluding carboxylic acids is 1. The standard InChI is InChI=1S/C17H27NO2S/c1-4-7-14-21-16-11-9-8-10-15(16)17(19)20-13-12-18(5-2)6-3/h8-11H,4-7,12-14H2,1-3H3. The van der Waals surface area contributed by atoms with Gasteiger partial charge in [0.1, 0.15) is 6.61 Å². The lowest BCUT2D eigenvalue weighted by atomic mass is 10.2. The normalized spacial score (nSPS) is 10.9. The van der Waals surface area contributed by atoms with Crippen LogP contribution in [0.2, 0.25) is 0 Å². The summed E-state index contributed by atoms with van der Waals surface area (Å²) in [7, 11) is 0. The highest BCUT2D eigenvalue weighted by molar-refractivity contribution is 7.99. The van der Waals surface area contributed by atoms with Gasteiger partial charge in [-0.1, -0.05) is 39.3 Å². The molecule has 21 heavy (non-hydrogen) atoms. The molecule has 0 aromatic heterocycles. The third-order valence-electron chi connectivity index (χ3n) is 3.40. The number of carbonyl (C=O) groups is 1. The molecule has 0 N–H and O–H groups in total. The Labute approximate surface area is 133 Å². The molecule has 0 amide bonds. The minimum Gasteiger partial charge on any atom is -0.461 e. The molecule has 0 unspecified atom stereocenters. The number of thioether (sulfide) groups is 1. The summed E-state index contributed by atoms with van der Waals surface area (Å²) in [6.07, 6.45) is 2.33. The summed E-state index contributed by atoms with van der Waals surface area (Å²) in [6, 6.07) is 7.72. The van der Waals surface area contributed by atoms with Crippen LogP contribution in [0.5, 0.6) is 0 Å². The highest BCUT2D eigenvalue weighted by Gasteiger charge is 2.12. The van der Waals surface area contributed by atoms with Crippen LogP contribution >= 0.6 is 11.8 Å². The molecule has 1 rings (SSSR count). The fraction of sp³-hybridized carbons (Fsp3) is 0.588. The number of nitrogens with zero attached hydrogens (tertiary/aromatic N) is 1. The van der Waals surface area contributed by atoms with Crippen LogP contribution < -0.4 is 0 Å². The van der Waals surface area contributed by atoms with Crippen molar-refractivity contribution in [2.24, 2.45) is 0 Å². The van der Waals surface area contributed by atoms with Gasteiger partial charge in [0.25, 0.3) is 0 Å². The van der Waals surface area contributed by atoms with E-state index in [1.807, 2.05) is 24.3 Å². The predicted octanol–water partition coefficient (Wildman–Crippen LogP) is 4.08. The van der Waals surface area contributed by atoms with Gasteiger partial charge in [-0.15, -0.1) is 11.8 Å². The Morgan fingerprint density at radius 1 is 1.19 bits per heavy atom. The van der Waals surface area contributed by atoms with E-state index in [4.69, 9.17) is 4.74 Å². The molecule has 4 heteroatoms. The number of ether oxygens (including phenoxy) is 1. The molecule has 0 saturated carbocycles. The van der Waals surface area contributed by atoms with Gasteiger partial charge >= 0.3 is 5.97 Å². The zero-order valence-electron chi connectivity index (χ0n) is 13.4. The van der Waals surface area contributed by atoms with E-state index >= 15 is 0 Å². The summed E-state index contributed by atoms with van der Waals surface area (Å²) in [5, 5.41) is 0. The zero-order chi connectivity index (χ0) is 15.5. The molecule has 3 nitrogen and oxygen atoms in total. The van der Waals surface area contributed by atoms with E-state index in [9.17, 15) is 4.79 Å². The van der Waals surface area contributed by atoms with Crippen LogP contribution in [-0.4, -0.2) is 42.9 Å². The smallest absolute Gasteiger partial charge is 0.339 e. The third-order valence-corrected chi connectivity index (χ3v) is 4.56. The van der Waals surface area contributed by atoms with Crippen LogP contribution in [0.25, 0.3) is 0 Å². The third kappa shape index (κ3) is 6.53. The minimum absolute atomic E-state index is 0.207. The minimum atomic E-state index is -0.207. The van der Waals surface area contributed by atoms with E-state index in [2.05, 4.69) is 25.7 Å². The lowest BCUT2D eigenvalue weighted by Crippen LogP contribution is -2.28. The fourth-order valence-corrected chi connectivity index (χ4v) is 3.11. The van der Waals surface area contributed by atoms with Crippen LogP contribution in [-0.2, 0) is 4.74 Å². The van der Waals surface area contributed by atoms with Crippen molar-refractivity contribution in [2.45, 2.75) is 38.5 Å². The van der Waals surface area contributed by atoms with E-state index < -0.39 is 0 Å². The van der Waals surface area contributed by atoms with Crippen molar-refractivity contribution in [1.82, 2.24) is 4.90 Å². The molecular formula is C17H27NO2S. The van der Waals surface area contributed by atoms with E-state index in [1.54, 1.807) is 11.8 Å². The summed E-state index contributed by atoms with van der Waals surface area (Å²) in [6.45, 7) is 9.62. The maximum atomic E-state index is 12.2. The van der Waals surface area contributed by atoms with Crippen LogP contribution in [0.4, 0.5) is 0 Å². The predicted molar refractivity (Wildman–Crippen MR) is 90.1 cm³/mol. The van der Waals surface area contributed by atoms with Gasteiger partial charge in [0.15, 0.2) is 0 Å². The van der Waals surface area contributed by atoms with Crippen molar-refractivity contribution in [3.05, 3.63) is 29.8 Å². The monoisotopic (exact) mass is 309 g/mol. The second-order valence-corrected chi connectivity index (χ2v) is 6.00. The Balaban J connectivity index is 2.53. The van der Waals surface area contributed by atoms with Crippen LogP contribution in [0, 0.1) is 0 Å². The lowest BCUT2D eigenvalue weighted by Gasteiger charge is -2.17. The molecule has 0 saturated heterocycles. The van der Waals surface area contributed by atoms with Gasteiger partial charge in [-0.2, -0.15) is 0 Å². The quantitative estimate of drug-likeness (QED) is 0.370. The van der Waals surface area contributed by atoms with Gasteiger partial charge < -0.3 is 9.64 Å². The van der Waals surface area contributed by atoms with Crippen LogP contribution in [0.1, 0.15) is 44.0 Å². The summed E-state index contributed by atoms with van der Waals surface area (Å²) in [5.74, 6) is 0.835. The Morgan fingerprint density at radius 2 is 1.90 bits per heavy atom. The van der Waals surface area contributed by atoms with E-state index in [-0.39, 0.29) is 5.97 Å². The number of unbranched alkanes of at least 4 members (excludes halogenated alkanes) is 1. The molecule has 0 atom stereocenters. The lowest BCUT2D eigenvalue weighted by molar-refractivity contribution is 0.0462. The Morgan fingerprint density at radius 3 is 2.57 bits per heavy atom. The first-order valence-electron chi connectivity index (χ1n) is 7.84. The summed E-state index contributed by atoms with van der Waals surface area (Å²) < 4.78 is 5.42. The molecule has 0 aliphatic heterocycles. The van der Waals surface area contributed by atoms with Crippen LogP contribution in [0.3, 0.4) is 0 Å².